The lowest BCUT2D eigenvalue weighted by molar-refractivity contribution is 0.762. The first-order valence-electron chi connectivity index (χ1n) is 8.58. The second-order valence-corrected chi connectivity index (χ2v) is 11.8. The molecular formula is C21H24Si. The van der Waals surface area contributed by atoms with Gasteiger partial charge < -0.3 is 0 Å². The Bertz CT molecular complexity index is 753. The largest absolute Gasteiger partial charge is 0.0930 e. The van der Waals surface area contributed by atoms with E-state index in [1.807, 2.05) is 0 Å². The van der Waals surface area contributed by atoms with Gasteiger partial charge in [-0.05, 0) is 35.1 Å². The highest BCUT2D eigenvalue weighted by Crippen LogP contribution is 2.64. The molecule has 1 aliphatic carbocycles. The molecule has 0 spiro atoms. The molecule has 22 heavy (non-hydrogen) atoms. The van der Waals surface area contributed by atoms with E-state index in [2.05, 4.69) is 68.5 Å². The van der Waals surface area contributed by atoms with Crippen molar-refractivity contribution in [1.29, 1.82) is 0 Å². The van der Waals surface area contributed by atoms with E-state index >= 15 is 0 Å². The van der Waals surface area contributed by atoms with E-state index in [0.717, 1.165) is 5.54 Å². The third-order valence-electron chi connectivity index (χ3n) is 5.58. The maximum absolute atomic E-state index is 2.57. The van der Waals surface area contributed by atoms with Crippen molar-refractivity contribution < 1.29 is 0 Å². The van der Waals surface area contributed by atoms with Gasteiger partial charge in [-0.25, -0.2) is 0 Å². The van der Waals surface area contributed by atoms with Crippen LogP contribution < -0.4 is 0 Å². The Balaban J connectivity index is 1.87. The minimum Gasteiger partial charge on any atom is -0.0654 e. The van der Waals surface area contributed by atoms with Crippen LogP contribution >= 0.6 is 0 Å². The molecule has 0 N–H and O–H groups in total. The van der Waals surface area contributed by atoms with Crippen LogP contribution in [0.1, 0.15) is 42.9 Å². The fraction of sp³-hybridized carbons (Fsp3) is 0.333. The average molecular weight is 305 g/mol. The van der Waals surface area contributed by atoms with Crippen LogP contribution in [0.5, 0.6) is 0 Å². The molecule has 2 aromatic carbocycles. The molecule has 1 unspecified atom stereocenters. The molecule has 2 aliphatic heterocycles. The smallest absolute Gasteiger partial charge is 0.0654 e. The quantitative estimate of drug-likeness (QED) is 0.590. The van der Waals surface area contributed by atoms with Gasteiger partial charge in [0.1, 0.15) is 0 Å². The van der Waals surface area contributed by atoms with Crippen molar-refractivity contribution in [3.05, 3.63) is 65.2 Å². The molecule has 1 heteroatoms. The molecule has 0 fully saturated rings. The Morgan fingerprint density at radius 1 is 0.955 bits per heavy atom. The minimum absolute atomic E-state index is 0.799. The zero-order chi connectivity index (χ0) is 15.3. The van der Waals surface area contributed by atoms with Crippen molar-refractivity contribution >= 4 is 13.3 Å². The van der Waals surface area contributed by atoms with Crippen molar-refractivity contribution in [2.24, 2.45) is 0 Å². The molecule has 0 nitrogen and oxygen atoms in total. The maximum atomic E-state index is 2.57. The van der Waals surface area contributed by atoms with Crippen LogP contribution in [0.4, 0.5) is 0 Å². The summed E-state index contributed by atoms with van der Waals surface area (Å²) in [6.07, 6.45) is 3.96. The van der Waals surface area contributed by atoms with Crippen LogP contribution in [0, 0.1) is 0 Å². The third kappa shape index (κ3) is 1.75. The van der Waals surface area contributed by atoms with E-state index in [0.29, 0.717) is 0 Å². The predicted octanol–water partition coefficient (Wildman–Crippen LogP) is 6.20. The molecule has 0 amide bonds. The molecule has 0 radical (unpaired) electrons. The van der Waals surface area contributed by atoms with Gasteiger partial charge in [0.05, 0.1) is 8.07 Å². The second-order valence-electron chi connectivity index (χ2n) is 7.29. The lowest BCUT2D eigenvalue weighted by atomic mass is 9.97. The second kappa shape index (κ2) is 4.96. The molecule has 5 rings (SSSR count). The molecule has 3 aliphatic rings. The summed E-state index contributed by atoms with van der Waals surface area (Å²) in [6.45, 7) is 7.44. The zero-order valence-corrected chi connectivity index (χ0v) is 14.8. The number of rotatable bonds is 4. The van der Waals surface area contributed by atoms with Gasteiger partial charge >= 0.3 is 0 Å². The zero-order valence-electron chi connectivity index (χ0n) is 13.8. The molecular weight excluding hydrogens is 280 g/mol. The van der Waals surface area contributed by atoms with Gasteiger partial charge in [0.2, 0.25) is 0 Å². The molecule has 1 atom stereocenters. The van der Waals surface area contributed by atoms with Crippen LogP contribution in [-0.4, -0.2) is 8.07 Å². The van der Waals surface area contributed by atoms with Gasteiger partial charge in [0.25, 0.3) is 0 Å². The molecule has 2 bridgehead atoms. The van der Waals surface area contributed by atoms with Crippen LogP contribution in [0.2, 0.25) is 13.1 Å². The Hall–Kier alpha value is -1.60. The Morgan fingerprint density at radius 2 is 1.73 bits per heavy atom. The molecule has 2 heterocycles. The van der Waals surface area contributed by atoms with Gasteiger partial charge in [-0.2, -0.15) is 0 Å². The number of unbranched alkanes of at least 4 members (excludes halogenated alkanes) is 1. The third-order valence-corrected chi connectivity index (χ3v) is 9.54. The molecule has 0 aromatic heterocycles. The lowest BCUT2D eigenvalue weighted by Gasteiger charge is -2.41. The summed E-state index contributed by atoms with van der Waals surface area (Å²) in [5.74, 6) is 0. The van der Waals surface area contributed by atoms with Crippen molar-refractivity contribution in [2.75, 3.05) is 0 Å². The molecule has 112 valence electrons. The highest BCUT2D eigenvalue weighted by molar-refractivity contribution is 7.01. The van der Waals surface area contributed by atoms with E-state index in [1.165, 1.54) is 30.4 Å². The topological polar surface area (TPSA) is 0 Å². The van der Waals surface area contributed by atoms with Crippen LogP contribution in [0.15, 0.2) is 54.1 Å². The molecule has 0 saturated carbocycles. The fourth-order valence-electron chi connectivity index (χ4n) is 4.70. The SMILES string of the molecule is CCCCC1=C2c3c(-c4ccccc4)cccc3C1[Si]2(C)C. The standard InChI is InChI=1S/C21H24Si/c1-4-5-12-18-20-17-14-9-13-16(15-10-7-6-8-11-15)19(17)21(18)22(20,2)3/h6-11,13-14,20H,4-5,12H2,1-3H3. The Morgan fingerprint density at radius 3 is 2.45 bits per heavy atom. The normalized spacial score (nSPS) is 20.8. The Kier molecular flexibility index (Phi) is 3.16. The summed E-state index contributed by atoms with van der Waals surface area (Å²) in [4.78, 5) is 0. The van der Waals surface area contributed by atoms with Crippen LogP contribution in [0.25, 0.3) is 16.3 Å². The maximum Gasteiger partial charge on any atom is 0.0930 e. The molecule has 0 saturated heterocycles. The van der Waals surface area contributed by atoms with Crippen molar-refractivity contribution in [3.63, 3.8) is 0 Å². The first-order chi connectivity index (χ1) is 10.7. The predicted molar refractivity (Wildman–Crippen MR) is 98.5 cm³/mol. The van der Waals surface area contributed by atoms with Crippen molar-refractivity contribution in [3.8, 4) is 11.1 Å². The lowest BCUT2D eigenvalue weighted by Crippen LogP contribution is -2.42. The summed E-state index contributed by atoms with van der Waals surface area (Å²) in [7, 11) is -1.25. The van der Waals surface area contributed by atoms with E-state index in [4.69, 9.17) is 0 Å². The number of allylic oxidation sites excluding steroid dienone is 1. The Labute approximate surface area is 134 Å². The van der Waals surface area contributed by atoms with E-state index < -0.39 is 8.07 Å². The summed E-state index contributed by atoms with van der Waals surface area (Å²) < 4.78 is 0. The van der Waals surface area contributed by atoms with Gasteiger partial charge in [-0.15, -0.1) is 0 Å². The highest BCUT2D eigenvalue weighted by atomic mass is 28.3. The number of hydrogen-bond acceptors (Lipinski definition) is 0. The fourth-order valence-corrected chi connectivity index (χ4v) is 8.96. The average Bonchev–Trinajstić information content (AvgIpc) is 3.01. The minimum atomic E-state index is -1.25. The van der Waals surface area contributed by atoms with E-state index in [1.54, 1.807) is 21.9 Å². The summed E-state index contributed by atoms with van der Waals surface area (Å²) in [6, 6.07) is 17.9. The van der Waals surface area contributed by atoms with Crippen LogP contribution in [-0.2, 0) is 0 Å². The first kappa shape index (κ1) is 14.0. The summed E-state index contributed by atoms with van der Waals surface area (Å²) >= 11 is 0. The highest BCUT2D eigenvalue weighted by Gasteiger charge is 2.56. The summed E-state index contributed by atoms with van der Waals surface area (Å²) in [5, 5.41) is 1.79. The van der Waals surface area contributed by atoms with Crippen LogP contribution in [0.3, 0.4) is 0 Å². The van der Waals surface area contributed by atoms with Gasteiger partial charge in [0, 0.05) is 5.54 Å². The van der Waals surface area contributed by atoms with Crippen molar-refractivity contribution in [1.82, 2.24) is 0 Å². The van der Waals surface area contributed by atoms with E-state index in [9.17, 15) is 0 Å². The van der Waals surface area contributed by atoms with Gasteiger partial charge in [-0.1, -0.05) is 85.7 Å². The first-order valence-corrected chi connectivity index (χ1v) is 11.7. The number of benzene rings is 2. The van der Waals surface area contributed by atoms with Gasteiger partial charge in [0.15, 0.2) is 0 Å². The summed E-state index contributed by atoms with van der Waals surface area (Å²) in [5.41, 5.74) is 8.67. The van der Waals surface area contributed by atoms with Gasteiger partial charge in [-0.3, -0.25) is 0 Å². The van der Waals surface area contributed by atoms with E-state index in [-0.39, 0.29) is 0 Å². The molecule has 2 aromatic rings. The van der Waals surface area contributed by atoms with Crippen molar-refractivity contribution in [2.45, 2.75) is 44.8 Å². The number of hydrogen-bond donors (Lipinski definition) is 0. The monoisotopic (exact) mass is 304 g/mol.